The molecule has 0 aliphatic rings. The number of nitrogens with zero attached hydrogens (tertiary/aromatic N) is 2. The fourth-order valence-corrected chi connectivity index (χ4v) is 4.79. The molecule has 2 aromatic heterocycles. The molecule has 0 saturated carbocycles. The zero-order chi connectivity index (χ0) is 21.7. The highest BCUT2D eigenvalue weighted by Gasteiger charge is 2.30. The Balaban J connectivity index is 1.93. The van der Waals surface area contributed by atoms with Crippen LogP contribution in [0.2, 0.25) is 0 Å². The van der Waals surface area contributed by atoms with Gasteiger partial charge in [-0.2, -0.15) is 13.2 Å². The molecule has 30 heavy (non-hydrogen) atoms. The monoisotopic (exact) mass is 494 g/mol. The van der Waals surface area contributed by atoms with E-state index in [-0.39, 0.29) is 10.5 Å². The summed E-state index contributed by atoms with van der Waals surface area (Å²) in [5, 5.41) is 0.500. The second-order valence-corrected chi connectivity index (χ2v) is 9.49. The van der Waals surface area contributed by atoms with Crippen molar-refractivity contribution in [3.63, 3.8) is 0 Å². The van der Waals surface area contributed by atoms with Gasteiger partial charge in [0.15, 0.2) is 5.65 Å². The maximum atomic E-state index is 13.2. The van der Waals surface area contributed by atoms with E-state index in [9.17, 15) is 21.6 Å². The quantitative estimate of drug-likeness (QED) is 0.349. The van der Waals surface area contributed by atoms with Gasteiger partial charge in [-0.15, -0.1) is 0 Å². The predicted octanol–water partition coefficient (Wildman–Crippen LogP) is 6.03. The minimum Gasteiger partial charge on any atom is -0.236 e. The summed E-state index contributed by atoms with van der Waals surface area (Å²) in [4.78, 5) is 4.34. The molecule has 0 N–H and O–H groups in total. The molecule has 4 nitrogen and oxygen atoms in total. The molecule has 0 aliphatic carbocycles. The van der Waals surface area contributed by atoms with Crippen molar-refractivity contribution < 1.29 is 21.6 Å². The first-order valence-corrected chi connectivity index (χ1v) is 11.0. The van der Waals surface area contributed by atoms with Gasteiger partial charge in [0.25, 0.3) is 10.0 Å². The van der Waals surface area contributed by atoms with Gasteiger partial charge in [-0.3, -0.25) is 0 Å². The van der Waals surface area contributed by atoms with E-state index in [0.717, 1.165) is 21.7 Å². The topological polar surface area (TPSA) is 52.0 Å². The van der Waals surface area contributed by atoms with Gasteiger partial charge in [0, 0.05) is 27.8 Å². The third-order valence-electron chi connectivity index (χ3n) is 4.68. The van der Waals surface area contributed by atoms with Crippen molar-refractivity contribution in [1.29, 1.82) is 0 Å². The summed E-state index contributed by atoms with van der Waals surface area (Å²) < 4.78 is 66.9. The van der Waals surface area contributed by atoms with Gasteiger partial charge in [0.05, 0.1) is 10.5 Å². The van der Waals surface area contributed by atoms with Crippen molar-refractivity contribution in [3.05, 3.63) is 82.6 Å². The number of benzene rings is 2. The van der Waals surface area contributed by atoms with Crippen molar-refractivity contribution >= 4 is 37.0 Å². The first-order valence-electron chi connectivity index (χ1n) is 8.74. The van der Waals surface area contributed by atoms with Gasteiger partial charge in [-0.05, 0) is 58.7 Å². The Hall–Kier alpha value is -2.65. The SMILES string of the molecule is Cc1ccc(S(=O)(=O)n2cc(-c3ccc(C(F)(F)F)cc3)c3cc(Br)cnc32)cc1. The van der Waals surface area contributed by atoms with Crippen LogP contribution in [-0.4, -0.2) is 17.4 Å². The highest BCUT2D eigenvalue weighted by Crippen LogP contribution is 2.36. The lowest BCUT2D eigenvalue weighted by Gasteiger charge is -2.07. The average Bonchev–Trinajstić information content (AvgIpc) is 3.07. The summed E-state index contributed by atoms with van der Waals surface area (Å²) in [7, 11) is -3.95. The smallest absolute Gasteiger partial charge is 0.236 e. The second kappa shape index (κ2) is 7.24. The Bertz CT molecular complexity index is 1340. The number of halogens is 4. The molecule has 0 aliphatic heterocycles. The minimum atomic E-state index is -4.45. The lowest BCUT2D eigenvalue weighted by atomic mass is 10.0. The third-order valence-corrected chi connectivity index (χ3v) is 6.78. The molecule has 154 valence electrons. The molecule has 0 fully saturated rings. The average molecular weight is 495 g/mol. The number of rotatable bonds is 3. The van der Waals surface area contributed by atoms with E-state index in [1.165, 1.54) is 36.7 Å². The zero-order valence-corrected chi connectivity index (χ0v) is 17.9. The molecular weight excluding hydrogens is 481 g/mol. The molecule has 0 spiro atoms. The van der Waals surface area contributed by atoms with Crippen molar-refractivity contribution in [3.8, 4) is 11.1 Å². The Kier molecular flexibility index (Phi) is 4.98. The summed E-state index contributed by atoms with van der Waals surface area (Å²) >= 11 is 3.32. The van der Waals surface area contributed by atoms with Crippen LogP contribution in [-0.2, 0) is 16.2 Å². The Morgan fingerprint density at radius 1 is 1.00 bits per heavy atom. The van der Waals surface area contributed by atoms with Gasteiger partial charge in [0.1, 0.15) is 0 Å². The van der Waals surface area contributed by atoms with Gasteiger partial charge in [-0.1, -0.05) is 29.8 Å². The van der Waals surface area contributed by atoms with E-state index in [2.05, 4.69) is 20.9 Å². The predicted molar refractivity (Wildman–Crippen MR) is 112 cm³/mol. The van der Waals surface area contributed by atoms with E-state index in [0.29, 0.717) is 21.0 Å². The van der Waals surface area contributed by atoms with E-state index in [4.69, 9.17) is 0 Å². The molecule has 4 aromatic rings. The van der Waals surface area contributed by atoms with E-state index in [1.807, 2.05) is 6.92 Å². The van der Waals surface area contributed by atoms with Crippen LogP contribution in [0.15, 0.2) is 76.4 Å². The van der Waals surface area contributed by atoms with Crippen LogP contribution in [0.25, 0.3) is 22.2 Å². The summed E-state index contributed by atoms with van der Waals surface area (Å²) in [5.74, 6) is 0. The summed E-state index contributed by atoms with van der Waals surface area (Å²) in [6.07, 6.45) is -1.59. The second-order valence-electron chi connectivity index (χ2n) is 6.76. The highest BCUT2D eigenvalue weighted by molar-refractivity contribution is 9.10. The van der Waals surface area contributed by atoms with E-state index >= 15 is 0 Å². The number of aromatic nitrogens is 2. The third kappa shape index (κ3) is 3.63. The summed E-state index contributed by atoms with van der Waals surface area (Å²) in [5.41, 5.74) is 1.24. The van der Waals surface area contributed by atoms with Crippen LogP contribution in [0.1, 0.15) is 11.1 Å². The largest absolute Gasteiger partial charge is 0.416 e. The Morgan fingerprint density at radius 3 is 2.23 bits per heavy atom. The molecular formula is C21H14BrF3N2O2S. The van der Waals surface area contributed by atoms with Gasteiger partial charge >= 0.3 is 6.18 Å². The summed E-state index contributed by atoms with van der Waals surface area (Å²) in [6, 6.07) is 12.7. The fourth-order valence-electron chi connectivity index (χ4n) is 3.13. The Morgan fingerprint density at radius 2 is 1.63 bits per heavy atom. The van der Waals surface area contributed by atoms with Gasteiger partial charge in [-0.25, -0.2) is 17.4 Å². The van der Waals surface area contributed by atoms with Gasteiger partial charge in [0.2, 0.25) is 0 Å². The molecule has 0 radical (unpaired) electrons. The maximum Gasteiger partial charge on any atom is 0.416 e. The zero-order valence-electron chi connectivity index (χ0n) is 15.5. The molecule has 0 atom stereocenters. The van der Waals surface area contributed by atoms with Crippen LogP contribution in [0.3, 0.4) is 0 Å². The summed E-state index contributed by atoms with van der Waals surface area (Å²) in [6.45, 7) is 1.85. The molecule has 0 bridgehead atoms. The standard InChI is InChI=1S/C21H14BrF3N2O2S/c1-13-2-8-17(9-3-13)30(28,29)27-12-19(18-10-16(22)11-26-20(18)27)14-4-6-15(7-5-14)21(23,24)25/h2-12H,1H3. The van der Waals surface area contributed by atoms with Crippen molar-refractivity contribution in [2.24, 2.45) is 0 Å². The highest BCUT2D eigenvalue weighted by atomic mass is 79.9. The van der Waals surface area contributed by atoms with E-state index in [1.54, 1.807) is 18.2 Å². The molecule has 0 amide bonds. The lowest BCUT2D eigenvalue weighted by molar-refractivity contribution is -0.137. The number of hydrogen-bond donors (Lipinski definition) is 0. The van der Waals surface area contributed by atoms with Crippen molar-refractivity contribution in [2.75, 3.05) is 0 Å². The van der Waals surface area contributed by atoms with Crippen LogP contribution >= 0.6 is 15.9 Å². The Labute approximate surface area is 179 Å². The maximum absolute atomic E-state index is 13.2. The molecule has 9 heteroatoms. The molecule has 2 aromatic carbocycles. The van der Waals surface area contributed by atoms with Crippen LogP contribution < -0.4 is 0 Å². The number of hydrogen-bond acceptors (Lipinski definition) is 3. The first kappa shape index (κ1) is 20.6. The van der Waals surface area contributed by atoms with Crippen LogP contribution in [0.5, 0.6) is 0 Å². The number of fused-ring (bicyclic) bond motifs is 1. The van der Waals surface area contributed by atoms with Crippen molar-refractivity contribution in [2.45, 2.75) is 18.0 Å². The van der Waals surface area contributed by atoms with Crippen molar-refractivity contribution in [1.82, 2.24) is 8.96 Å². The molecule has 0 unspecified atom stereocenters. The molecule has 4 rings (SSSR count). The molecule has 0 saturated heterocycles. The lowest BCUT2D eigenvalue weighted by Crippen LogP contribution is -2.12. The van der Waals surface area contributed by atoms with E-state index < -0.39 is 21.8 Å². The fraction of sp³-hybridized carbons (Fsp3) is 0.0952. The van der Waals surface area contributed by atoms with Crippen LogP contribution in [0.4, 0.5) is 13.2 Å². The first-order chi connectivity index (χ1) is 14.1. The van der Waals surface area contributed by atoms with Crippen LogP contribution in [0, 0.1) is 6.92 Å². The normalized spacial score (nSPS) is 12.4. The number of aryl methyl sites for hydroxylation is 1. The number of alkyl halides is 3. The molecule has 2 heterocycles. The number of pyridine rings is 1. The van der Waals surface area contributed by atoms with Gasteiger partial charge < -0.3 is 0 Å². The minimum absolute atomic E-state index is 0.0914.